The zero-order chi connectivity index (χ0) is 16.1. The van der Waals surface area contributed by atoms with Gasteiger partial charge >= 0.3 is 120 Å². The summed E-state index contributed by atoms with van der Waals surface area (Å²) in [4.78, 5) is 0. The first-order valence-electron chi connectivity index (χ1n) is 5.09. The standard InChI is InChI=1S/C12HF8Ge/c13-3-1-2(5(14)9(18)6(3)15)4-7(16)10(19)12(21)11(20)8(4)17/h1H. The summed E-state index contributed by atoms with van der Waals surface area (Å²) >= 11 is 0.711. The van der Waals surface area contributed by atoms with Crippen LogP contribution >= 0.6 is 0 Å². The quantitative estimate of drug-likeness (QED) is 0.313. The van der Waals surface area contributed by atoms with Gasteiger partial charge in [0, 0.05) is 0 Å². The molecule has 0 fully saturated rings. The normalized spacial score (nSPS) is 11.1. The second-order valence-corrected chi connectivity index (χ2v) is 4.90. The summed E-state index contributed by atoms with van der Waals surface area (Å²) in [5.41, 5.74) is -3.13. The van der Waals surface area contributed by atoms with Gasteiger partial charge in [0.05, 0.1) is 0 Å². The molecule has 0 aromatic heterocycles. The van der Waals surface area contributed by atoms with Crippen LogP contribution in [0.5, 0.6) is 0 Å². The van der Waals surface area contributed by atoms with Gasteiger partial charge in [-0.25, -0.2) is 0 Å². The Morgan fingerprint density at radius 1 is 0.571 bits per heavy atom. The predicted octanol–water partition coefficient (Wildman–Crippen LogP) is 3.26. The molecule has 0 saturated heterocycles. The van der Waals surface area contributed by atoms with Gasteiger partial charge in [-0.3, -0.25) is 0 Å². The number of rotatable bonds is 1. The molecule has 0 N–H and O–H groups in total. The summed E-state index contributed by atoms with van der Waals surface area (Å²) in [7, 11) is 0. The fraction of sp³-hybridized carbons (Fsp3) is 0. The Morgan fingerprint density at radius 2 is 1.05 bits per heavy atom. The zero-order valence-electron chi connectivity index (χ0n) is 9.60. The minimum atomic E-state index is -2.36. The van der Waals surface area contributed by atoms with Gasteiger partial charge in [0.2, 0.25) is 0 Å². The van der Waals surface area contributed by atoms with Crippen molar-refractivity contribution in [3.63, 3.8) is 0 Å². The maximum absolute atomic E-state index is 13.6. The monoisotopic (exact) mass is 371 g/mol. The van der Waals surface area contributed by atoms with Gasteiger partial charge in [-0.2, -0.15) is 0 Å². The number of benzene rings is 2. The molecular weight excluding hydrogens is 369 g/mol. The molecule has 0 spiro atoms. The van der Waals surface area contributed by atoms with Gasteiger partial charge in [-0.05, 0) is 0 Å². The van der Waals surface area contributed by atoms with Crippen LogP contribution < -0.4 is 4.40 Å². The molecule has 0 atom stereocenters. The van der Waals surface area contributed by atoms with E-state index in [4.69, 9.17) is 0 Å². The summed E-state index contributed by atoms with van der Waals surface area (Å²) < 4.78 is 105. The van der Waals surface area contributed by atoms with Gasteiger partial charge in [-0.15, -0.1) is 0 Å². The van der Waals surface area contributed by atoms with Gasteiger partial charge < -0.3 is 0 Å². The van der Waals surface area contributed by atoms with Crippen LogP contribution in [0.3, 0.4) is 0 Å². The van der Waals surface area contributed by atoms with Crippen molar-refractivity contribution in [1.82, 2.24) is 0 Å². The van der Waals surface area contributed by atoms with E-state index in [9.17, 15) is 35.1 Å². The molecule has 0 amide bonds. The molecule has 0 bridgehead atoms. The van der Waals surface area contributed by atoms with Crippen LogP contribution in [0.1, 0.15) is 0 Å². The van der Waals surface area contributed by atoms with Crippen LogP contribution in [0.25, 0.3) is 11.1 Å². The third-order valence-electron chi connectivity index (χ3n) is 2.64. The molecule has 109 valence electrons. The third kappa shape index (κ3) is 2.31. The topological polar surface area (TPSA) is 0 Å². The molecule has 21 heavy (non-hydrogen) atoms. The van der Waals surface area contributed by atoms with Crippen molar-refractivity contribution in [3.05, 3.63) is 52.6 Å². The Balaban J connectivity index is 2.93. The Morgan fingerprint density at radius 3 is 1.52 bits per heavy atom. The molecule has 3 radical (unpaired) electrons. The van der Waals surface area contributed by atoms with E-state index in [1.54, 1.807) is 0 Å². The van der Waals surface area contributed by atoms with Crippen LogP contribution in [0.2, 0.25) is 0 Å². The van der Waals surface area contributed by atoms with Crippen LogP contribution in [0.4, 0.5) is 35.1 Å². The van der Waals surface area contributed by atoms with Gasteiger partial charge in [-0.1, -0.05) is 0 Å². The molecule has 9 heteroatoms. The summed E-state index contributed by atoms with van der Waals surface area (Å²) in [5, 5.41) is 0. The molecule has 0 aliphatic carbocycles. The van der Waals surface area contributed by atoms with E-state index >= 15 is 0 Å². The van der Waals surface area contributed by atoms with E-state index < -0.39 is 62.1 Å². The molecule has 0 heterocycles. The van der Waals surface area contributed by atoms with Gasteiger partial charge in [0.15, 0.2) is 0 Å². The predicted molar refractivity (Wildman–Crippen MR) is 56.9 cm³/mol. The molecule has 2 rings (SSSR count). The summed E-state index contributed by atoms with van der Waals surface area (Å²) in [6, 6.07) is -0.0938. The van der Waals surface area contributed by atoms with Crippen molar-refractivity contribution >= 4 is 20.9 Å². The molecule has 0 saturated carbocycles. The number of hydrogen-bond acceptors (Lipinski definition) is 0. The summed E-state index contributed by atoms with van der Waals surface area (Å²) in [5.74, 6) is -16.5. The third-order valence-corrected chi connectivity index (χ3v) is 3.56. The van der Waals surface area contributed by atoms with Crippen LogP contribution in [-0.4, -0.2) is 16.5 Å². The Hall–Kier alpha value is -1.58. The van der Waals surface area contributed by atoms with E-state index in [1.807, 2.05) is 0 Å². The van der Waals surface area contributed by atoms with Crippen molar-refractivity contribution in [3.8, 4) is 11.1 Å². The van der Waals surface area contributed by atoms with Crippen molar-refractivity contribution in [2.75, 3.05) is 0 Å². The van der Waals surface area contributed by atoms with Crippen LogP contribution in [0.15, 0.2) is 6.07 Å². The molecular formula is C12HF8Ge. The average Bonchev–Trinajstić information content (AvgIpc) is 2.46. The first-order chi connectivity index (χ1) is 9.68. The van der Waals surface area contributed by atoms with E-state index in [0.29, 0.717) is 16.5 Å². The summed E-state index contributed by atoms with van der Waals surface area (Å²) in [6.07, 6.45) is 0. The molecule has 0 aliphatic rings. The zero-order valence-corrected chi connectivity index (χ0v) is 11.7. The van der Waals surface area contributed by atoms with E-state index in [1.165, 1.54) is 0 Å². The Labute approximate surface area is 120 Å². The molecule has 2 aromatic rings. The average molecular weight is 370 g/mol. The minimum absolute atomic E-state index is 0.0938. The van der Waals surface area contributed by atoms with Gasteiger partial charge in [0.25, 0.3) is 0 Å². The van der Waals surface area contributed by atoms with Crippen molar-refractivity contribution < 1.29 is 35.1 Å². The molecule has 2 aromatic carbocycles. The number of hydrogen-bond donors (Lipinski definition) is 0. The molecule has 0 unspecified atom stereocenters. The Kier molecular flexibility index (Phi) is 4.00. The van der Waals surface area contributed by atoms with Crippen molar-refractivity contribution in [1.29, 1.82) is 0 Å². The number of halogens is 8. The summed E-state index contributed by atoms with van der Waals surface area (Å²) in [6.45, 7) is 0. The van der Waals surface area contributed by atoms with Crippen molar-refractivity contribution in [2.24, 2.45) is 0 Å². The molecule has 0 aliphatic heterocycles. The second kappa shape index (κ2) is 5.32. The van der Waals surface area contributed by atoms with Crippen LogP contribution in [0, 0.1) is 46.5 Å². The van der Waals surface area contributed by atoms with Crippen molar-refractivity contribution in [2.45, 2.75) is 0 Å². The first-order valence-corrected chi connectivity index (χ1v) is 6.14. The Bertz CT molecular complexity index is 727. The van der Waals surface area contributed by atoms with Crippen LogP contribution in [-0.2, 0) is 0 Å². The van der Waals surface area contributed by atoms with E-state index in [0.717, 1.165) is 0 Å². The van der Waals surface area contributed by atoms with E-state index in [2.05, 4.69) is 0 Å². The maximum atomic E-state index is 13.6. The molecule has 0 nitrogen and oxygen atoms in total. The van der Waals surface area contributed by atoms with E-state index in [-0.39, 0.29) is 6.07 Å². The fourth-order valence-corrected chi connectivity index (χ4v) is 2.08. The second-order valence-electron chi connectivity index (χ2n) is 3.85. The fourth-order valence-electron chi connectivity index (χ4n) is 1.62. The SMILES string of the molecule is Fc1cc(-c2c(F)c(F)[c]([Ge])c(F)c2F)c(F)c(F)c1F. The first kappa shape index (κ1) is 15.8. The van der Waals surface area contributed by atoms with Gasteiger partial charge in [0.1, 0.15) is 0 Å².